The van der Waals surface area contributed by atoms with Crippen molar-refractivity contribution in [2.45, 2.75) is 32.4 Å². The van der Waals surface area contributed by atoms with E-state index in [1.807, 2.05) is 18.3 Å². The normalized spacial score (nSPS) is 23.1. The van der Waals surface area contributed by atoms with Gasteiger partial charge in [-0.25, -0.2) is 4.98 Å². The van der Waals surface area contributed by atoms with Crippen LogP contribution in [0.25, 0.3) is 0 Å². The first-order valence-corrected chi connectivity index (χ1v) is 10.4. The second kappa shape index (κ2) is 8.64. The van der Waals surface area contributed by atoms with E-state index < -0.39 is 0 Å². The average Bonchev–Trinajstić information content (AvgIpc) is 3.25. The number of nitrogens with zero attached hydrogens (tertiary/aromatic N) is 3. The van der Waals surface area contributed by atoms with Crippen LogP contribution in [-0.2, 0) is 13.1 Å². The standard InChI is InChI=1S/C22H32N4O2/c1-28-21-5-3-2-4-18(21)13-25-9-6-22(7-10-25)8-11-26(14-19(22)16-27)15-20-12-23-17-24-20/h2-5,12,17,19,27H,6-11,13-16H2,1H3,(H,23,24)/t19-/m1/s1. The van der Waals surface area contributed by atoms with E-state index in [0.29, 0.717) is 5.92 Å². The van der Waals surface area contributed by atoms with Crippen LogP contribution >= 0.6 is 0 Å². The minimum Gasteiger partial charge on any atom is -0.496 e. The summed E-state index contributed by atoms with van der Waals surface area (Å²) < 4.78 is 5.51. The number of H-pyrrole nitrogens is 1. The summed E-state index contributed by atoms with van der Waals surface area (Å²) in [5.41, 5.74) is 2.70. The number of hydrogen-bond donors (Lipinski definition) is 2. The van der Waals surface area contributed by atoms with Crippen molar-refractivity contribution in [3.05, 3.63) is 48.0 Å². The van der Waals surface area contributed by atoms with Gasteiger partial charge in [-0.3, -0.25) is 9.80 Å². The predicted octanol–water partition coefficient (Wildman–Crippen LogP) is 2.51. The summed E-state index contributed by atoms with van der Waals surface area (Å²) >= 11 is 0. The monoisotopic (exact) mass is 384 g/mol. The molecular weight excluding hydrogens is 352 g/mol. The van der Waals surface area contributed by atoms with E-state index in [1.54, 1.807) is 13.4 Å². The molecule has 0 amide bonds. The summed E-state index contributed by atoms with van der Waals surface area (Å²) in [7, 11) is 1.74. The van der Waals surface area contributed by atoms with Gasteiger partial charge in [-0.2, -0.15) is 0 Å². The molecule has 152 valence electrons. The van der Waals surface area contributed by atoms with E-state index in [0.717, 1.165) is 50.7 Å². The molecular formula is C22H32N4O2. The number of hydrogen-bond acceptors (Lipinski definition) is 5. The SMILES string of the molecule is COc1ccccc1CN1CCC2(CC1)CCN(Cc1cnc[nH]1)C[C@@H]2CO. The second-order valence-corrected chi connectivity index (χ2v) is 8.39. The first kappa shape index (κ1) is 19.4. The van der Waals surface area contributed by atoms with Gasteiger partial charge in [0.1, 0.15) is 5.75 Å². The van der Waals surface area contributed by atoms with Gasteiger partial charge in [-0.1, -0.05) is 18.2 Å². The molecule has 2 aliphatic heterocycles. The van der Waals surface area contributed by atoms with Gasteiger partial charge in [0.25, 0.3) is 0 Å². The number of aliphatic hydroxyl groups is 1. The molecule has 2 saturated heterocycles. The number of methoxy groups -OCH3 is 1. The molecule has 28 heavy (non-hydrogen) atoms. The van der Waals surface area contributed by atoms with Gasteiger partial charge in [0.2, 0.25) is 0 Å². The van der Waals surface area contributed by atoms with Crippen molar-refractivity contribution in [3.8, 4) is 5.75 Å². The third kappa shape index (κ3) is 4.09. The molecule has 1 atom stereocenters. The van der Waals surface area contributed by atoms with E-state index in [-0.39, 0.29) is 12.0 Å². The molecule has 6 heteroatoms. The highest BCUT2D eigenvalue weighted by Gasteiger charge is 2.44. The molecule has 2 aromatic rings. The third-order valence-electron chi connectivity index (χ3n) is 6.88. The van der Waals surface area contributed by atoms with E-state index in [1.165, 1.54) is 24.8 Å². The molecule has 4 rings (SSSR count). The first-order valence-electron chi connectivity index (χ1n) is 10.4. The molecule has 1 spiro atoms. The van der Waals surface area contributed by atoms with Crippen LogP contribution in [0.4, 0.5) is 0 Å². The Balaban J connectivity index is 1.35. The number of aromatic nitrogens is 2. The van der Waals surface area contributed by atoms with Crippen LogP contribution in [0.5, 0.6) is 5.75 Å². The maximum atomic E-state index is 10.1. The largest absolute Gasteiger partial charge is 0.496 e. The molecule has 1 aromatic heterocycles. The molecule has 3 heterocycles. The van der Waals surface area contributed by atoms with Crippen LogP contribution in [0.1, 0.15) is 30.5 Å². The van der Waals surface area contributed by atoms with Gasteiger partial charge in [0.05, 0.1) is 13.4 Å². The van der Waals surface area contributed by atoms with E-state index >= 15 is 0 Å². The summed E-state index contributed by atoms with van der Waals surface area (Å²) in [5, 5.41) is 10.1. The maximum absolute atomic E-state index is 10.1. The Hall–Kier alpha value is -1.89. The lowest BCUT2D eigenvalue weighted by atomic mass is 9.64. The molecule has 0 unspecified atom stereocenters. The van der Waals surface area contributed by atoms with Crippen molar-refractivity contribution in [3.63, 3.8) is 0 Å². The average molecular weight is 385 g/mol. The Morgan fingerprint density at radius 1 is 1.14 bits per heavy atom. The molecule has 1 aromatic carbocycles. The zero-order valence-electron chi connectivity index (χ0n) is 16.8. The lowest BCUT2D eigenvalue weighted by Crippen LogP contribution is -2.53. The minimum atomic E-state index is 0.284. The van der Waals surface area contributed by atoms with Crippen LogP contribution in [0.15, 0.2) is 36.8 Å². The van der Waals surface area contributed by atoms with Crippen molar-refractivity contribution >= 4 is 0 Å². The van der Waals surface area contributed by atoms with Crippen LogP contribution in [-0.4, -0.2) is 64.8 Å². The molecule has 0 bridgehead atoms. The fourth-order valence-corrected chi connectivity index (χ4v) is 5.08. The smallest absolute Gasteiger partial charge is 0.123 e. The number of nitrogens with one attached hydrogen (secondary N) is 1. The second-order valence-electron chi connectivity index (χ2n) is 8.39. The number of rotatable bonds is 6. The molecule has 0 radical (unpaired) electrons. The number of aliphatic hydroxyl groups excluding tert-OH is 1. The Bertz CT molecular complexity index is 741. The minimum absolute atomic E-state index is 0.284. The number of aromatic amines is 1. The summed E-state index contributed by atoms with van der Waals surface area (Å²) in [6.07, 6.45) is 7.15. The van der Waals surface area contributed by atoms with Crippen LogP contribution in [0, 0.1) is 11.3 Å². The van der Waals surface area contributed by atoms with Crippen LogP contribution in [0.3, 0.4) is 0 Å². The number of likely N-dealkylation sites (tertiary alicyclic amines) is 2. The van der Waals surface area contributed by atoms with Gasteiger partial charge in [-0.15, -0.1) is 0 Å². The highest BCUT2D eigenvalue weighted by Crippen LogP contribution is 2.45. The number of imidazole rings is 1. The zero-order valence-corrected chi connectivity index (χ0v) is 16.8. The molecule has 2 N–H and O–H groups in total. The van der Waals surface area contributed by atoms with Gasteiger partial charge >= 0.3 is 0 Å². The predicted molar refractivity (Wildman–Crippen MR) is 109 cm³/mol. The van der Waals surface area contributed by atoms with E-state index in [9.17, 15) is 5.11 Å². The molecule has 0 aliphatic carbocycles. The van der Waals surface area contributed by atoms with Crippen molar-refractivity contribution < 1.29 is 9.84 Å². The zero-order chi connectivity index (χ0) is 19.4. The van der Waals surface area contributed by atoms with Gasteiger partial charge in [-0.05, 0) is 50.4 Å². The fourth-order valence-electron chi connectivity index (χ4n) is 5.08. The number of piperidine rings is 2. The van der Waals surface area contributed by atoms with Crippen molar-refractivity contribution in [2.24, 2.45) is 11.3 Å². The summed E-state index contributed by atoms with van der Waals surface area (Å²) in [4.78, 5) is 12.3. The van der Waals surface area contributed by atoms with Crippen LogP contribution < -0.4 is 4.74 Å². The fraction of sp³-hybridized carbons (Fsp3) is 0.591. The molecule has 0 saturated carbocycles. The first-order chi connectivity index (χ1) is 13.7. The number of benzene rings is 1. The van der Waals surface area contributed by atoms with Crippen LogP contribution in [0.2, 0.25) is 0 Å². The highest BCUT2D eigenvalue weighted by atomic mass is 16.5. The topological polar surface area (TPSA) is 64.6 Å². The Morgan fingerprint density at radius 3 is 2.57 bits per heavy atom. The molecule has 2 fully saturated rings. The van der Waals surface area contributed by atoms with Crippen molar-refractivity contribution in [1.82, 2.24) is 19.8 Å². The van der Waals surface area contributed by atoms with Crippen molar-refractivity contribution in [2.75, 3.05) is 39.9 Å². The van der Waals surface area contributed by atoms with E-state index in [4.69, 9.17) is 4.74 Å². The van der Waals surface area contributed by atoms with Gasteiger partial charge in [0, 0.05) is 49.6 Å². The Morgan fingerprint density at radius 2 is 1.89 bits per heavy atom. The summed E-state index contributed by atoms with van der Waals surface area (Å²) in [5.74, 6) is 1.33. The lowest BCUT2D eigenvalue weighted by Gasteiger charge is -2.51. The maximum Gasteiger partial charge on any atom is 0.123 e. The number of para-hydroxylation sites is 1. The van der Waals surface area contributed by atoms with Gasteiger partial charge in [0.15, 0.2) is 0 Å². The number of ether oxygens (including phenoxy) is 1. The van der Waals surface area contributed by atoms with E-state index in [2.05, 4.69) is 31.9 Å². The van der Waals surface area contributed by atoms with Gasteiger partial charge < -0.3 is 14.8 Å². The highest BCUT2D eigenvalue weighted by molar-refractivity contribution is 5.33. The van der Waals surface area contributed by atoms with Crippen molar-refractivity contribution in [1.29, 1.82) is 0 Å². The Labute approximate surface area is 167 Å². The molecule has 6 nitrogen and oxygen atoms in total. The Kier molecular flexibility index (Phi) is 5.99. The third-order valence-corrected chi connectivity index (χ3v) is 6.88. The molecule has 2 aliphatic rings. The summed E-state index contributed by atoms with van der Waals surface area (Å²) in [6.45, 7) is 6.38. The lowest BCUT2D eigenvalue weighted by molar-refractivity contribution is -0.0452. The quantitative estimate of drug-likeness (QED) is 0.801. The summed E-state index contributed by atoms with van der Waals surface area (Å²) in [6, 6.07) is 8.31.